The van der Waals surface area contributed by atoms with E-state index in [1.807, 2.05) is 6.07 Å². The first kappa shape index (κ1) is 24.0. The molecule has 0 aromatic heterocycles. The van der Waals surface area contributed by atoms with Crippen LogP contribution in [-0.4, -0.2) is 45.9 Å². The SMILES string of the molecule is CCOC(=O)C1=C(COC(=O)c2ccc(CS(C)(=O)=O)cc2)NC(=O)NC1c1ccccc1. The molecule has 2 aromatic carbocycles. The van der Waals surface area contributed by atoms with E-state index >= 15 is 0 Å². The highest BCUT2D eigenvalue weighted by atomic mass is 32.2. The van der Waals surface area contributed by atoms with Crippen molar-refractivity contribution in [3.8, 4) is 0 Å². The van der Waals surface area contributed by atoms with E-state index in [1.54, 1.807) is 31.2 Å². The second-order valence-corrected chi connectivity index (χ2v) is 9.54. The van der Waals surface area contributed by atoms with E-state index in [2.05, 4.69) is 10.6 Å². The Bertz CT molecular complexity index is 1170. The van der Waals surface area contributed by atoms with Crippen LogP contribution in [0.3, 0.4) is 0 Å². The molecule has 0 spiro atoms. The summed E-state index contributed by atoms with van der Waals surface area (Å²) in [6.45, 7) is 1.43. The van der Waals surface area contributed by atoms with Crippen molar-refractivity contribution < 1.29 is 32.3 Å². The third kappa shape index (κ3) is 6.42. The Balaban J connectivity index is 1.83. The van der Waals surface area contributed by atoms with Crippen LogP contribution in [0.15, 0.2) is 65.9 Å². The van der Waals surface area contributed by atoms with Crippen LogP contribution < -0.4 is 10.6 Å². The second kappa shape index (κ2) is 10.3. The second-order valence-electron chi connectivity index (χ2n) is 7.40. The molecule has 0 bridgehead atoms. The molecule has 2 amide bonds. The van der Waals surface area contributed by atoms with E-state index < -0.39 is 33.8 Å². The number of benzene rings is 2. The average Bonchev–Trinajstić information content (AvgIpc) is 2.77. The number of esters is 2. The van der Waals surface area contributed by atoms with Crippen LogP contribution in [0, 0.1) is 0 Å². The Morgan fingerprint density at radius 2 is 1.64 bits per heavy atom. The molecule has 0 fully saturated rings. The van der Waals surface area contributed by atoms with Crippen LogP contribution >= 0.6 is 0 Å². The minimum absolute atomic E-state index is 0.119. The van der Waals surface area contributed by atoms with Crippen LogP contribution in [0.5, 0.6) is 0 Å². The Morgan fingerprint density at radius 1 is 0.970 bits per heavy atom. The molecule has 1 unspecified atom stereocenters. The van der Waals surface area contributed by atoms with Crippen molar-refractivity contribution >= 4 is 27.8 Å². The van der Waals surface area contributed by atoms with Crippen molar-refractivity contribution in [2.24, 2.45) is 0 Å². The van der Waals surface area contributed by atoms with Gasteiger partial charge >= 0.3 is 18.0 Å². The van der Waals surface area contributed by atoms with Crippen molar-refractivity contribution in [2.75, 3.05) is 19.5 Å². The lowest BCUT2D eigenvalue weighted by Gasteiger charge is -2.29. The smallest absolute Gasteiger partial charge is 0.338 e. The molecule has 0 saturated carbocycles. The lowest BCUT2D eigenvalue weighted by Crippen LogP contribution is -2.47. The predicted molar refractivity (Wildman–Crippen MR) is 120 cm³/mol. The zero-order chi connectivity index (χ0) is 24.0. The van der Waals surface area contributed by atoms with Gasteiger partial charge in [-0.05, 0) is 30.2 Å². The van der Waals surface area contributed by atoms with Crippen LogP contribution in [0.2, 0.25) is 0 Å². The molecule has 0 radical (unpaired) electrons. The van der Waals surface area contributed by atoms with Gasteiger partial charge in [-0.15, -0.1) is 0 Å². The van der Waals surface area contributed by atoms with E-state index in [0.29, 0.717) is 11.1 Å². The first-order valence-electron chi connectivity index (χ1n) is 10.1. The third-order valence-corrected chi connectivity index (χ3v) is 5.61. The molecule has 1 aliphatic heterocycles. The molecule has 0 saturated heterocycles. The molecule has 2 N–H and O–H groups in total. The number of hydrogen-bond acceptors (Lipinski definition) is 7. The molecule has 33 heavy (non-hydrogen) atoms. The first-order valence-corrected chi connectivity index (χ1v) is 12.2. The fraction of sp³-hybridized carbons (Fsp3) is 0.261. The van der Waals surface area contributed by atoms with E-state index in [4.69, 9.17) is 9.47 Å². The van der Waals surface area contributed by atoms with Crippen molar-refractivity contribution in [3.63, 3.8) is 0 Å². The quantitative estimate of drug-likeness (QED) is 0.564. The number of sulfone groups is 1. The fourth-order valence-electron chi connectivity index (χ4n) is 3.34. The van der Waals surface area contributed by atoms with Crippen molar-refractivity contribution in [1.82, 2.24) is 10.6 Å². The summed E-state index contributed by atoms with van der Waals surface area (Å²) in [5.41, 5.74) is 1.66. The van der Waals surface area contributed by atoms with Crippen LogP contribution in [-0.2, 0) is 29.9 Å². The summed E-state index contributed by atoms with van der Waals surface area (Å²) in [5.74, 6) is -1.48. The molecule has 2 aromatic rings. The standard InChI is InChI=1S/C23H24N2O7S/c1-3-31-22(27)19-18(24-23(28)25-20(19)16-7-5-4-6-8-16)13-32-21(26)17-11-9-15(10-12-17)14-33(2,29)30/h4-12,20H,3,13-14H2,1-2H3,(H2,24,25,28). The van der Waals surface area contributed by atoms with E-state index in [0.717, 1.165) is 6.26 Å². The van der Waals surface area contributed by atoms with Gasteiger partial charge in [-0.3, -0.25) is 0 Å². The zero-order valence-corrected chi connectivity index (χ0v) is 19.0. The summed E-state index contributed by atoms with van der Waals surface area (Å²) in [6, 6.07) is 13.5. The van der Waals surface area contributed by atoms with Gasteiger partial charge in [0, 0.05) is 6.26 Å². The molecule has 10 heteroatoms. The molecule has 9 nitrogen and oxygen atoms in total. The minimum atomic E-state index is -3.20. The number of hydrogen-bond donors (Lipinski definition) is 2. The lowest BCUT2D eigenvalue weighted by atomic mass is 9.95. The van der Waals surface area contributed by atoms with Gasteiger partial charge in [0.1, 0.15) is 6.61 Å². The molecule has 3 rings (SSSR count). The van der Waals surface area contributed by atoms with Gasteiger partial charge in [-0.2, -0.15) is 0 Å². The van der Waals surface area contributed by atoms with Gasteiger partial charge in [0.05, 0.1) is 35.2 Å². The Morgan fingerprint density at radius 3 is 2.24 bits per heavy atom. The largest absolute Gasteiger partial charge is 0.463 e. The first-order chi connectivity index (χ1) is 15.7. The summed E-state index contributed by atoms with van der Waals surface area (Å²) in [4.78, 5) is 37.5. The van der Waals surface area contributed by atoms with Gasteiger partial charge in [-0.25, -0.2) is 22.8 Å². The summed E-state index contributed by atoms with van der Waals surface area (Å²) in [7, 11) is -3.20. The van der Waals surface area contributed by atoms with Crippen molar-refractivity contribution in [1.29, 1.82) is 0 Å². The predicted octanol–water partition coefficient (Wildman–Crippen LogP) is 2.26. The third-order valence-electron chi connectivity index (χ3n) is 4.75. The maximum atomic E-state index is 12.7. The van der Waals surface area contributed by atoms with Crippen molar-refractivity contribution in [3.05, 3.63) is 82.6 Å². The Labute approximate surface area is 191 Å². The highest BCUT2D eigenvalue weighted by Gasteiger charge is 2.34. The molecule has 1 aliphatic rings. The van der Waals surface area contributed by atoms with E-state index in [-0.39, 0.29) is 35.8 Å². The molecular formula is C23H24N2O7S. The topological polar surface area (TPSA) is 128 Å². The number of nitrogens with one attached hydrogen (secondary N) is 2. The average molecular weight is 473 g/mol. The molecular weight excluding hydrogens is 448 g/mol. The summed E-state index contributed by atoms with van der Waals surface area (Å²) >= 11 is 0. The molecule has 174 valence electrons. The fourth-order valence-corrected chi connectivity index (χ4v) is 4.14. The number of rotatable bonds is 8. The van der Waals surface area contributed by atoms with Crippen LogP contribution in [0.25, 0.3) is 0 Å². The Hall–Kier alpha value is -3.66. The number of ether oxygens (including phenoxy) is 2. The summed E-state index contributed by atoms with van der Waals surface area (Å²) in [6.07, 6.45) is 1.13. The number of carbonyl (C=O) groups is 3. The normalized spacial score (nSPS) is 15.9. The highest BCUT2D eigenvalue weighted by Crippen LogP contribution is 2.28. The van der Waals surface area contributed by atoms with Gasteiger partial charge in [0.25, 0.3) is 0 Å². The zero-order valence-electron chi connectivity index (χ0n) is 18.2. The van der Waals surface area contributed by atoms with E-state index in [9.17, 15) is 22.8 Å². The summed E-state index contributed by atoms with van der Waals surface area (Å²) in [5, 5.41) is 5.23. The van der Waals surface area contributed by atoms with Crippen molar-refractivity contribution in [2.45, 2.75) is 18.7 Å². The van der Waals surface area contributed by atoms with Gasteiger partial charge in [0.15, 0.2) is 9.84 Å². The maximum Gasteiger partial charge on any atom is 0.338 e. The maximum absolute atomic E-state index is 12.7. The minimum Gasteiger partial charge on any atom is -0.463 e. The van der Waals surface area contributed by atoms with Crippen LogP contribution in [0.1, 0.15) is 34.5 Å². The number of carbonyl (C=O) groups excluding carboxylic acids is 3. The highest BCUT2D eigenvalue weighted by molar-refractivity contribution is 7.89. The lowest BCUT2D eigenvalue weighted by molar-refractivity contribution is -0.139. The molecule has 1 atom stereocenters. The summed E-state index contributed by atoms with van der Waals surface area (Å²) < 4.78 is 33.3. The number of amides is 2. The Kier molecular flexibility index (Phi) is 7.49. The monoisotopic (exact) mass is 472 g/mol. The van der Waals surface area contributed by atoms with Gasteiger partial charge < -0.3 is 20.1 Å². The van der Waals surface area contributed by atoms with Crippen LogP contribution in [0.4, 0.5) is 4.79 Å². The van der Waals surface area contributed by atoms with E-state index in [1.165, 1.54) is 24.3 Å². The molecule has 1 heterocycles. The molecule has 0 aliphatic carbocycles. The van der Waals surface area contributed by atoms with Gasteiger partial charge in [0.2, 0.25) is 0 Å². The van der Waals surface area contributed by atoms with Gasteiger partial charge in [-0.1, -0.05) is 42.5 Å². The number of urea groups is 1.